The quantitative estimate of drug-likeness (QED) is 0.517. The third-order valence-corrected chi connectivity index (χ3v) is 5.73. The fourth-order valence-electron chi connectivity index (χ4n) is 2.56. The van der Waals surface area contributed by atoms with Crippen molar-refractivity contribution in [3.63, 3.8) is 0 Å². The lowest BCUT2D eigenvalue weighted by Crippen LogP contribution is -2.09. The average molecular weight is 388 g/mol. The largest absolute Gasteiger partial charge is 0.354 e. The lowest BCUT2D eigenvalue weighted by molar-refractivity contribution is 0.406. The summed E-state index contributed by atoms with van der Waals surface area (Å²) >= 11 is 3.78. The number of nitrogens with one attached hydrogen (secondary N) is 2. The van der Waals surface area contributed by atoms with Gasteiger partial charge in [0.2, 0.25) is 5.95 Å². The van der Waals surface area contributed by atoms with Crippen LogP contribution in [0.5, 0.6) is 0 Å². The Morgan fingerprint density at radius 3 is 2.85 bits per heavy atom. The second-order valence-corrected chi connectivity index (χ2v) is 8.50. The molecule has 2 N–H and O–H groups in total. The molecule has 138 valence electrons. The van der Waals surface area contributed by atoms with Crippen LogP contribution >= 0.6 is 23.1 Å². The first-order chi connectivity index (χ1) is 12.7. The van der Waals surface area contributed by atoms with E-state index in [0.717, 1.165) is 42.8 Å². The van der Waals surface area contributed by atoms with Gasteiger partial charge in [-0.2, -0.15) is 21.8 Å². The summed E-state index contributed by atoms with van der Waals surface area (Å²) in [7, 11) is 4.21. The van der Waals surface area contributed by atoms with E-state index in [1.165, 1.54) is 16.0 Å². The SMILES string of the molecule is CN(C)Cc1cc(CSCCNc2nc(Cc3ccccc3)n[nH]2)cs1. The van der Waals surface area contributed by atoms with Crippen molar-refractivity contribution in [2.75, 3.05) is 31.7 Å². The smallest absolute Gasteiger partial charge is 0.218 e. The van der Waals surface area contributed by atoms with Gasteiger partial charge in [0, 0.05) is 35.9 Å². The Labute approximate surface area is 163 Å². The Morgan fingerprint density at radius 2 is 2.04 bits per heavy atom. The maximum absolute atomic E-state index is 4.50. The van der Waals surface area contributed by atoms with Crippen molar-refractivity contribution >= 4 is 29.0 Å². The third kappa shape index (κ3) is 6.16. The number of hydrogen-bond acceptors (Lipinski definition) is 6. The minimum Gasteiger partial charge on any atom is -0.354 e. The van der Waals surface area contributed by atoms with Gasteiger partial charge in [-0.25, -0.2) is 5.10 Å². The van der Waals surface area contributed by atoms with E-state index in [0.29, 0.717) is 0 Å². The molecule has 5 nitrogen and oxygen atoms in total. The monoisotopic (exact) mass is 387 g/mol. The number of nitrogens with zero attached hydrogens (tertiary/aromatic N) is 3. The van der Waals surface area contributed by atoms with E-state index in [1.807, 2.05) is 41.3 Å². The first-order valence-electron chi connectivity index (χ1n) is 8.67. The number of thioether (sulfide) groups is 1. The molecule has 0 saturated heterocycles. The Bertz CT molecular complexity index is 782. The summed E-state index contributed by atoms with van der Waals surface area (Å²) in [5, 5.41) is 12.8. The molecule has 0 aliphatic rings. The summed E-state index contributed by atoms with van der Waals surface area (Å²) in [6, 6.07) is 12.6. The Kier molecular flexibility index (Phi) is 7.11. The molecule has 0 saturated carbocycles. The molecule has 0 atom stereocenters. The molecule has 0 bridgehead atoms. The molecule has 1 aromatic carbocycles. The van der Waals surface area contributed by atoms with Crippen LogP contribution in [-0.4, -0.2) is 46.5 Å². The van der Waals surface area contributed by atoms with Crippen molar-refractivity contribution in [2.45, 2.75) is 18.7 Å². The molecule has 0 unspecified atom stereocenters. The van der Waals surface area contributed by atoms with Crippen LogP contribution in [0, 0.1) is 0 Å². The molecule has 3 rings (SSSR count). The first-order valence-corrected chi connectivity index (χ1v) is 10.7. The number of anilines is 1. The van der Waals surface area contributed by atoms with Crippen molar-refractivity contribution < 1.29 is 0 Å². The van der Waals surface area contributed by atoms with Crippen molar-refractivity contribution in [1.82, 2.24) is 20.1 Å². The number of aromatic amines is 1. The molecule has 0 radical (unpaired) electrons. The molecule has 3 aromatic rings. The van der Waals surface area contributed by atoms with Crippen LogP contribution in [0.25, 0.3) is 0 Å². The Balaban J connectivity index is 1.34. The van der Waals surface area contributed by atoms with E-state index in [1.54, 1.807) is 0 Å². The Hall–Kier alpha value is -1.83. The van der Waals surface area contributed by atoms with E-state index in [9.17, 15) is 0 Å². The lowest BCUT2D eigenvalue weighted by atomic mass is 10.1. The van der Waals surface area contributed by atoms with Crippen molar-refractivity contribution in [3.05, 3.63) is 63.6 Å². The van der Waals surface area contributed by atoms with Crippen LogP contribution in [0.3, 0.4) is 0 Å². The van der Waals surface area contributed by atoms with Gasteiger partial charge in [0.1, 0.15) is 0 Å². The van der Waals surface area contributed by atoms with Crippen LogP contribution < -0.4 is 5.32 Å². The third-order valence-electron chi connectivity index (χ3n) is 3.72. The standard InChI is InChI=1S/C19H25N5S2/c1-24(2)12-17-10-16(14-26-17)13-25-9-8-20-19-21-18(22-23-19)11-15-6-4-3-5-7-15/h3-7,10,14H,8-9,11-13H2,1-2H3,(H2,20,21,22,23). The number of aromatic nitrogens is 3. The van der Waals surface area contributed by atoms with E-state index in [-0.39, 0.29) is 0 Å². The van der Waals surface area contributed by atoms with Gasteiger partial charge in [-0.1, -0.05) is 30.3 Å². The minimum absolute atomic E-state index is 0.750. The molecule has 0 fully saturated rings. The van der Waals surface area contributed by atoms with E-state index >= 15 is 0 Å². The fourth-order valence-corrected chi connectivity index (χ4v) is 4.47. The van der Waals surface area contributed by atoms with Gasteiger partial charge in [-0.3, -0.25) is 0 Å². The van der Waals surface area contributed by atoms with Gasteiger partial charge in [-0.05, 0) is 36.7 Å². The maximum Gasteiger partial charge on any atom is 0.218 e. The normalized spacial score (nSPS) is 11.2. The summed E-state index contributed by atoms with van der Waals surface area (Å²) in [5.74, 6) is 3.66. The molecule has 2 aromatic heterocycles. The molecule has 0 aliphatic heterocycles. The summed E-state index contributed by atoms with van der Waals surface area (Å²) in [5.41, 5.74) is 2.64. The van der Waals surface area contributed by atoms with Crippen LogP contribution in [0.4, 0.5) is 5.95 Å². The van der Waals surface area contributed by atoms with Gasteiger partial charge in [0.25, 0.3) is 0 Å². The van der Waals surface area contributed by atoms with Crippen LogP contribution in [-0.2, 0) is 18.7 Å². The summed E-state index contributed by atoms with van der Waals surface area (Å²) in [6.07, 6.45) is 0.751. The van der Waals surface area contributed by atoms with Gasteiger partial charge in [-0.15, -0.1) is 11.3 Å². The number of rotatable bonds is 10. The molecule has 7 heteroatoms. The molecule has 2 heterocycles. The molecule has 0 amide bonds. The Morgan fingerprint density at radius 1 is 1.19 bits per heavy atom. The molecule has 0 aliphatic carbocycles. The van der Waals surface area contributed by atoms with Crippen LogP contribution in [0.2, 0.25) is 0 Å². The predicted octanol–water partition coefficient (Wildman–Crippen LogP) is 3.86. The maximum atomic E-state index is 4.50. The van der Waals surface area contributed by atoms with Crippen molar-refractivity contribution in [1.29, 1.82) is 0 Å². The van der Waals surface area contributed by atoms with E-state index in [4.69, 9.17) is 0 Å². The first kappa shape index (κ1) is 18.9. The van der Waals surface area contributed by atoms with Crippen LogP contribution in [0.15, 0.2) is 41.8 Å². The lowest BCUT2D eigenvalue weighted by Gasteiger charge is -2.06. The molecule has 0 spiro atoms. The van der Waals surface area contributed by atoms with Crippen molar-refractivity contribution in [3.8, 4) is 0 Å². The predicted molar refractivity (Wildman–Crippen MR) is 112 cm³/mol. The van der Waals surface area contributed by atoms with Crippen LogP contribution in [0.1, 0.15) is 21.8 Å². The van der Waals surface area contributed by atoms with Gasteiger partial charge < -0.3 is 10.2 Å². The highest BCUT2D eigenvalue weighted by atomic mass is 32.2. The molecular weight excluding hydrogens is 362 g/mol. The zero-order chi connectivity index (χ0) is 18.2. The van der Waals surface area contributed by atoms with E-state index in [2.05, 4.69) is 63.1 Å². The summed E-state index contributed by atoms with van der Waals surface area (Å²) in [6.45, 7) is 1.90. The second-order valence-electron chi connectivity index (χ2n) is 6.40. The van der Waals surface area contributed by atoms with E-state index < -0.39 is 0 Å². The van der Waals surface area contributed by atoms with Crippen molar-refractivity contribution in [2.24, 2.45) is 0 Å². The van der Waals surface area contributed by atoms with Gasteiger partial charge >= 0.3 is 0 Å². The minimum atomic E-state index is 0.750. The topological polar surface area (TPSA) is 56.8 Å². The summed E-state index contributed by atoms with van der Waals surface area (Å²) < 4.78 is 0. The fraction of sp³-hybridized carbons (Fsp3) is 0.368. The zero-order valence-corrected chi connectivity index (χ0v) is 16.9. The summed E-state index contributed by atoms with van der Waals surface area (Å²) in [4.78, 5) is 8.13. The number of thiophene rings is 1. The second kappa shape index (κ2) is 9.75. The average Bonchev–Trinajstić information content (AvgIpc) is 3.25. The number of benzene rings is 1. The van der Waals surface area contributed by atoms with Gasteiger partial charge in [0.05, 0.1) is 0 Å². The molecular formula is C19H25N5S2. The van der Waals surface area contributed by atoms with Gasteiger partial charge in [0.15, 0.2) is 5.82 Å². The highest BCUT2D eigenvalue weighted by Crippen LogP contribution is 2.20. The number of H-pyrrole nitrogens is 1. The zero-order valence-electron chi connectivity index (χ0n) is 15.2. The highest BCUT2D eigenvalue weighted by Gasteiger charge is 2.04. The number of hydrogen-bond donors (Lipinski definition) is 2. The molecule has 26 heavy (non-hydrogen) atoms. The highest BCUT2D eigenvalue weighted by molar-refractivity contribution is 7.98.